The highest BCUT2D eigenvalue weighted by molar-refractivity contribution is 7.97. The Kier molecular flexibility index (Phi) is 7.17. The van der Waals surface area contributed by atoms with Gasteiger partial charge in [-0.15, -0.1) is 0 Å². The quantitative estimate of drug-likeness (QED) is 0.547. The minimum atomic E-state index is 0.216. The molecule has 2 aliphatic rings. The molecule has 0 aliphatic heterocycles. The van der Waals surface area contributed by atoms with Crippen LogP contribution in [0.4, 0.5) is 0 Å². The van der Waals surface area contributed by atoms with Gasteiger partial charge in [0.25, 0.3) is 0 Å². The lowest BCUT2D eigenvalue weighted by molar-refractivity contribution is 0.278. The predicted molar refractivity (Wildman–Crippen MR) is 124 cm³/mol. The summed E-state index contributed by atoms with van der Waals surface area (Å²) in [6.45, 7) is 4.00. The van der Waals surface area contributed by atoms with Crippen LogP contribution < -0.4 is 10.5 Å². The smallest absolute Gasteiger partial charge is 0.119 e. The second-order valence-corrected chi connectivity index (χ2v) is 9.55. The first kappa shape index (κ1) is 20.8. The van der Waals surface area contributed by atoms with Crippen molar-refractivity contribution in [2.24, 2.45) is 5.73 Å². The van der Waals surface area contributed by atoms with Crippen LogP contribution >= 0.6 is 11.9 Å². The minimum absolute atomic E-state index is 0.216. The molecular weight excluding hydrogens is 376 g/mol. The van der Waals surface area contributed by atoms with Crippen molar-refractivity contribution in [2.45, 2.75) is 63.5 Å². The first-order valence-corrected chi connectivity index (χ1v) is 12.1. The van der Waals surface area contributed by atoms with Gasteiger partial charge >= 0.3 is 0 Å². The number of benzene rings is 2. The number of hydrogen-bond acceptors (Lipinski definition) is 4. The Balaban J connectivity index is 1.41. The van der Waals surface area contributed by atoms with Gasteiger partial charge in [-0.05, 0) is 67.3 Å². The van der Waals surface area contributed by atoms with Gasteiger partial charge in [-0.25, -0.2) is 4.31 Å². The Morgan fingerprint density at radius 3 is 2.69 bits per heavy atom. The topological polar surface area (TPSA) is 38.5 Å². The van der Waals surface area contributed by atoms with Crippen molar-refractivity contribution in [2.75, 3.05) is 18.9 Å². The molecule has 0 spiro atoms. The van der Waals surface area contributed by atoms with Crippen LogP contribution in [0.5, 0.6) is 5.75 Å². The Labute approximate surface area is 180 Å². The summed E-state index contributed by atoms with van der Waals surface area (Å²) in [6.07, 6.45) is 7.05. The van der Waals surface area contributed by atoms with Crippen molar-refractivity contribution in [3.63, 3.8) is 0 Å². The normalized spacial score (nSPS) is 21.2. The summed E-state index contributed by atoms with van der Waals surface area (Å²) in [5.74, 6) is 2.56. The summed E-state index contributed by atoms with van der Waals surface area (Å²) >= 11 is 1.99. The standard InChI is InChI=1S/C25H34N2OS/c1-2-16-29-27(21-10-11-21)14-15-28-22-12-8-20-9-13-25(26)24(23(20)18-22)17-19-6-4-3-5-7-19/h3-8,12,18,21,24-25H,2,9-11,13-17,26H2,1H3. The van der Waals surface area contributed by atoms with E-state index in [1.165, 1.54) is 41.7 Å². The minimum Gasteiger partial charge on any atom is -0.492 e. The van der Waals surface area contributed by atoms with Crippen LogP contribution in [0, 0.1) is 0 Å². The Bertz CT molecular complexity index is 778. The number of hydrogen-bond donors (Lipinski definition) is 1. The van der Waals surface area contributed by atoms with E-state index in [0.717, 1.165) is 44.2 Å². The largest absolute Gasteiger partial charge is 0.492 e. The number of fused-ring (bicyclic) bond motifs is 1. The highest BCUT2D eigenvalue weighted by atomic mass is 32.2. The van der Waals surface area contributed by atoms with Crippen molar-refractivity contribution < 1.29 is 4.74 Å². The molecule has 2 aliphatic carbocycles. The number of ether oxygens (including phenoxy) is 1. The molecule has 2 aromatic carbocycles. The van der Waals surface area contributed by atoms with E-state index in [2.05, 4.69) is 59.8 Å². The van der Waals surface area contributed by atoms with Crippen molar-refractivity contribution in [1.82, 2.24) is 4.31 Å². The van der Waals surface area contributed by atoms with Gasteiger partial charge in [-0.2, -0.15) is 0 Å². The van der Waals surface area contributed by atoms with Gasteiger partial charge in [-0.3, -0.25) is 0 Å². The first-order valence-electron chi connectivity index (χ1n) is 11.2. The fraction of sp³-hybridized carbons (Fsp3) is 0.520. The zero-order valence-corrected chi connectivity index (χ0v) is 18.4. The highest BCUT2D eigenvalue weighted by Gasteiger charge is 2.29. The zero-order valence-electron chi connectivity index (χ0n) is 17.6. The van der Waals surface area contributed by atoms with Crippen molar-refractivity contribution >= 4 is 11.9 Å². The number of rotatable bonds is 10. The van der Waals surface area contributed by atoms with Crippen LogP contribution in [0.15, 0.2) is 48.5 Å². The van der Waals surface area contributed by atoms with Crippen molar-refractivity contribution in [3.8, 4) is 5.75 Å². The second-order valence-electron chi connectivity index (χ2n) is 8.41. The van der Waals surface area contributed by atoms with E-state index in [9.17, 15) is 0 Å². The molecule has 2 N–H and O–H groups in total. The average Bonchev–Trinajstić information content (AvgIpc) is 3.59. The molecule has 0 bridgehead atoms. The van der Waals surface area contributed by atoms with Gasteiger partial charge in [0.15, 0.2) is 0 Å². The molecule has 29 heavy (non-hydrogen) atoms. The zero-order chi connectivity index (χ0) is 20.1. The SMILES string of the molecule is CCCSN(CCOc1ccc2c(c1)C(Cc1ccccc1)C(N)CC2)C1CC1. The van der Waals surface area contributed by atoms with E-state index < -0.39 is 0 Å². The fourth-order valence-electron chi connectivity index (χ4n) is 4.30. The molecule has 0 aromatic heterocycles. The van der Waals surface area contributed by atoms with Gasteiger partial charge in [0.05, 0.1) is 0 Å². The molecule has 0 amide bonds. The van der Waals surface area contributed by atoms with Gasteiger partial charge < -0.3 is 10.5 Å². The number of nitrogens with zero attached hydrogens (tertiary/aromatic N) is 1. The molecule has 2 atom stereocenters. The molecule has 1 saturated carbocycles. The van der Waals surface area contributed by atoms with Crippen LogP contribution in [-0.2, 0) is 12.8 Å². The number of nitrogens with two attached hydrogens (primary N) is 1. The molecule has 3 nitrogen and oxygen atoms in total. The lowest BCUT2D eigenvalue weighted by Crippen LogP contribution is -2.34. The van der Waals surface area contributed by atoms with E-state index in [1.54, 1.807) is 0 Å². The van der Waals surface area contributed by atoms with E-state index in [4.69, 9.17) is 10.5 Å². The maximum absolute atomic E-state index is 6.57. The molecule has 2 aromatic rings. The summed E-state index contributed by atoms with van der Waals surface area (Å²) in [4.78, 5) is 0. The summed E-state index contributed by atoms with van der Waals surface area (Å²) < 4.78 is 8.74. The number of aryl methyl sites for hydroxylation is 1. The van der Waals surface area contributed by atoms with Crippen LogP contribution in [0.25, 0.3) is 0 Å². The molecule has 1 fully saturated rings. The predicted octanol–water partition coefficient (Wildman–Crippen LogP) is 5.19. The Morgan fingerprint density at radius 2 is 1.93 bits per heavy atom. The van der Waals surface area contributed by atoms with Crippen molar-refractivity contribution in [1.29, 1.82) is 0 Å². The second kappa shape index (κ2) is 10.0. The van der Waals surface area contributed by atoms with Crippen LogP contribution in [-0.4, -0.2) is 35.3 Å². The Hall–Kier alpha value is -1.49. The molecule has 0 radical (unpaired) electrons. The van der Waals surface area contributed by atoms with E-state index >= 15 is 0 Å². The third-order valence-electron chi connectivity index (χ3n) is 6.07. The lowest BCUT2D eigenvalue weighted by Gasteiger charge is -2.32. The first-order chi connectivity index (χ1) is 14.2. The fourth-order valence-corrected chi connectivity index (χ4v) is 5.34. The molecule has 4 heteroatoms. The van der Waals surface area contributed by atoms with Gasteiger partial charge in [0.1, 0.15) is 12.4 Å². The van der Waals surface area contributed by atoms with Gasteiger partial charge in [0.2, 0.25) is 0 Å². The molecule has 2 unspecified atom stereocenters. The van der Waals surface area contributed by atoms with Crippen LogP contribution in [0.2, 0.25) is 0 Å². The molecule has 156 valence electrons. The summed E-state index contributed by atoms with van der Waals surface area (Å²) in [5.41, 5.74) is 10.8. The third kappa shape index (κ3) is 5.56. The van der Waals surface area contributed by atoms with Gasteiger partial charge in [-0.1, -0.05) is 55.3 Å². The maximum atomic E-state index is 6.57. The monoisotopic (exact) mass is 410 g/mol. The Morgan fingerprint density at radius 1 is 1.10 bits per heavy atom. The van der Waals surface area contributed by atoms with Crippen molar-refractivity contribution in [3.05, 3.63) is 65.2 Å². The maximum Gasteiger partial charge on any atom is 0.119 e. The van der Waals surface area contributed by atoms with E-state index in [0.29, 0.717) is 5.92 Å². The third-order valence-corrected chi connectivity index (χ3v) is 7.48. The molecule has 4 rings (SSSR count). The average molecular weight is 411 g/mol. The van der Waals surface area contributed by atoms with Gasteiger partial charge in [0, 0.05) is 30.3 Å². The van der Waals surface area contributed by atoms with Crippen LogP contribution in [0.3, 0.4) is 0 Å². The van der Waals surface area contributed by atoms with Crippen LogP contribution in [0.1, 0.15) is 55.2 Å². The molecule has 0 saturated heterocycles. The van der Waals surface area contributed by atoms with E-state index in [-0.39, 0.29) is 6.04 Å². The molecular formula is C25H34N2OS. The lowest BCUT2D eigenvalue weighted by atomic mass is 9.76. The highest BCUT2D eigenvalue weighted by Crippen LogP contribution is 2.36. The summed E-state index contributed by atoms with van der Waals surface area (Å²) in [5, 5.41) is 0. The van der Waals surface area contributed by atoms with E-state index in [1.807, 2.05) is 11.9 Å². The summed E-state index contributed by atoms with van der Waals surface area (Å²) in [7, 11) is 0. The molecule has 0 heterocycles. The summed E-state index contributed by atoms with van der Waals surface area (Å²) in [6, 6.07) is 18.4.